The topological polar surface area (TPSA) is 111 Å². The molecule has 0 radical (unpaired) electrons. The van der Waals surface area contributed by atoms with Gasteiger partial charge in [-0.05, 0) is 39.0 Å². The van der Waals surface area contributed by atoms with Gasteiger partial charge < -0.3 is 21.1 Å². The quantitative estimate of drug-likeness (QED) is 0.658. The van der Waals surface area contributed by atoms with Crippen molar-refractivity contribution in [3.05, 3.63) is 0 Å². The van der Waals surface area contributed by atoms with Gasteiger partial charge in [-0.15, -0.1) is 0 Å². The molecule has 0 aliphatic carbocycles. The number of hydrogen-bond donors (Lipinski definition) is 3. The number of alkyl carbamates (subject to hydrolysis) is 1. The van der Waals surface area contributed by atoms with Gasteiger partial charge in [-0.1, -0.05) is 27.7 Å². The zero-order valence-corrected chi connectivity index (χ0v) is 15.2. The van der Waals surface area contributed by atoms with Crippen LogP contribution in [0.1, 0.15) is 54.9 Å². The molecule has 3 amide bonds. The lowest BCUT2D eigenvalue weighted by molar-refractivity contribution is -0.129. The first-order chi connectivity index (χ1) is 10.3. The second kappa shape index (κ2) is 8.74. The minimum absolute atomic E-state index is 0.171. The van der Waals surface area contributed by atoms with Crippen LogP contribution in [0.3, 0.4) is 0 Å². The molecule has 0 spiro atoms. The number of hydrogen-bond acceptors (Lipinski definition) is 4. The van der Waals surface area contributed by atoms with Crippen LogP contribution in [0.2, 0.25) is 0 Å². The summed E-state index contributed by atoms with van der Waals surface area (Å²) >= 11 is 0. The van der Waals surface area contributed by atoms with Crippen LogP contribution in [0, 0.1) is 11.8 Å². The minimum Gasteiger partial charge on any atom is -0.444 e. The summed E-state index contributed by atoms with van der Waals surface area (Å²) in [6.07, 6.45) is -0.232. The zero-order chi connectivity index (χ0) is 18.4. The summed E-state index contributed by atoms with van der Waals surface area (Å²) in [7, 11) is 0. The highest BCUT2D eigenvalue weighted by atomic mass is 16.6. The molecule has 0 heterocycles. The minimum atomic E-state index is -0.807. The van der Waals surface area contributed by atoms with E-state index in [1.54, 1.807) is 34.6 Å². The van der Waals surface area contributed by atoms with Crippen molar-refractivity contribution in [2.45, 2.75) is 72.6 Å². The molecule has 0 saturated carbocycles. The lowest BCUT2D eigenvalue weighted by Gasteiger charge is -2.27. The second-order valence-corrected chi connectivity index (χ2v) is 7.46. The maximum atomic E-state index is 12.4. The van der Waals surface area contributed by atoms with E-state index in [1.165, 1.54) is 0 Å². The van der Waals surface area contributed by atoms with E-state index >= 15 is 0 Å². The first kappa shape index (κ1) is 21.2. The summed E-state index contributed by atoms with van der Waals surface area (Å²) in [5, 5.41) is 5.16. The molecule has 7 nitrogen and oxygen atoms in total. The molecule has 134 valence electrons. The van der Waals surface area contributed by atoms with Crippen molar-refractivity contribution in [2.75, 3.05) is 0 Å². The average molecular weight is 329 g/mol. The second-order valence-electron chi connectivity index (χ2n) is 7.46. The van der Waals surface area contributed by atoms with Crippen LogP contribution in [0.4, 0.5) is 4.79 Å². The maximum absolute atomic E-state index is 12.4. The highest BCUT2D eigenvalue weighted by Crippen LogP contribution is 2.10. The Bertz CT molecular complexity index is 428. The van der Waals surface area contributed by atoms with E-state index in [-0.39, 0.29) is 11.8 Å². The van der Waals surface area contributed by atoms with E-state index in [0.29, 0.717) is 6.42 Å². The number of carbonyl (C=O) groups is 3. The van der Waals surface area contributed by atoms with Crippen molar-refractivity contribution >= 4 is 17.9 Å². The van der Waals surface area contributed by atoms with Gasteiger partial charge in [0.1, 0.15) is 17.7 Å². The molecule has 0 aliphatic heterocycles. The van der Waals surface area contributed by atoms with Gasteiger partial charge in [-0.25, -0.2) is 4.79 Å². The summed E-state index contributed by atoms with van der Waals surface area (Å²) in [6.45, 7) is 12.7. The summed E-state index contributed by atoms with van der Waals surface area (Å²) in [5.41, 5.74) is 4.67. The highest BCUT2D eigenvalue weighted by Gasteiger charge is 2.29. The summed E-state index contributed by atoms with van der Waals surface area (Å²) < 4.78 is 5.16. The van der Waals surface area contributed by atoms with Gasteiger partial charge >= 0.3 is 6.09 Å². The molecule has 0 rings (SSSR count). The predicted molar refractivity (Wildman–Crippen MR) is 88.6 cm³/mol. The van der Waals surface area contributed by atoms with Crippen molar-refractivity contribution < 1.29 is 19.1 Å². The maximum Gasteiger partial charge on any atom is 0.408 e. The summed E-state index contributed by atoms with van der Waals surface area (Å²) in [4.78, 5) is 35.7. The molecule has 2 atom stereocenters. The van der Waals surface area contributed by atoms with E-state index in [0.717, 1.165) is 0 Å². The number of nitrogens with two attached hydrogens (primary N) is 1. The van der Waals surface area contributed by atoms with E-state index < -0.39 is 35.6 Å². The molecule has 0 fully saturated rings. The monoisotopic (exact) mass is 329 g/mol. The number of primary amides is 1. The Labute approximate surface area is 138 Å². The van der Waals surface area contributed by atoms with Crippen molar-refractivity contribution in [3.8, 4) is 0 Å². The molecule has 0 bridgehead atoms. The van der Waals surface area contributed by atoms with Crippen molar-refractivity contribution in [2.24, 2.45) is 17.6 Å². The molecule has 0 aromatic carbocycles. The first-order valence-corrected chi connectivity index (χ1v) is 7.92. The van der Waals surface area contributed by atoms with Gasteiger partial charge in [0.2, 0.25) is 11.8 Å². The number of carbonyl (C=O) groups excluding carboxylic acids is 3. The van der Waals surface area contributed by atoms with Gasteiger partial charge in [0.05, 0.1) is 0 Å². The fraction of sp³-hybridized carbons (Fsp3) is 0.812. The van der Waals surface area contributed by atoms with E-state index in [9.17, 15) is 14.4 Å². The first-order valence-electron chi connectivity index (χ1n) is 7.92. The Morgan fingerprint density at radius 1 is 1.04 bits per heavy atom. The third-order valence-electron chi connectivity index (χ3n) is 2.99. The number of nitrogens with one attached hydrogen (secondary N) is 2. The molecule has 0 aromatic rings. The van der Waals surface area contributed by atoms with Gasteiger partial charge in [-0.3, -0.25) is 9.59 Å². The van der Waals surface area contributed by atoms with Crippen LogP contribution < -0.4 is 16.4 Å². The lowest BCUT2D eigenvalue weighted by Crippen LogP contribution is -2.55. The third kappa shape index (κ3) is 9.05. The van der Waals surface area contributed by atoms with E-state index in [1.807, 2.05) is 13.8 Å². The van der Waals surface area contributed by atoms with Crippen LogP contribution >= 0.6 is 0 Å². The fourth-order valence-corrected chi connectivity index (χ4v) is 1.95. The van der Waals surface area contributed by atoms with Gasteiger partial charge in [0, 0.05) is 0 Å². The molecule has 0 aliphatic rings. The van der Waals surface area contributed by atoms with E-state index in [4.69, 9.17) is 10.5 Å². The Hall–Kier alpha value is -1.79. The largest absolute Gasteiger partial charge is 0.444 e. The Balaban J connectivity index is 4.91. The fourth-order valence-electron chi connectivity index (χ4n) is 1.95. The van der Waals surface area contributed by atoms with Crippen LogP contribution in [-0.4, -0.2) is 35.6 Å². The van der Waals surface area contributed by atoms with Crippen LogP contribution in [-0.2, 0) is 14.3 Å². The SMILES string of the molecule is CC(C)C[C@H](NC(=O)[C@@H](NC(=O)OC(C)(C)C)C(C)C)C(N)=O. The van der Waals surface area contributed by atoms with Gasteiger partial charge in [0.25, 0.3) is 0 Å². The molecule has 4 N–H and O–H groups in total. The van der Waals surface area contributed by atoms with Crippen molar-refractivity contribution in [3.63, 3.8) is 0 Å². The van der Waals surface area contributed by atoms with Gasteiger partial charge in [0.15, 0.2) is 0 Å². The van der Waals surface area contributed by atoms with Crippen molar-refractivity contribution in [1.82, 2.24) is 10.6 Å². The number of amides is 3. The third-order valence-corrected chi connectivity index (χ3v) is 2.99. The summed E-state index contributed by atoms with van der Waals surface area (Å²) in [5.74, 6) is -1.01. The predicted octanol–water partition coefficient (Wildman–Crippen LogP) is 1.55. The number of rotatable bonds is 7. The zero-order valence-electron chi connectivity index (χ0n) is 15.2. The van der Waals surface area contributed by atoms with E-state index in [2.05, 4.69) is 10.6 Å². The lowest BCUT2D eigenvalue weighted by atomic mass is 10.0. The molecule has 0 unspecified atom stereocenters. The molecule has 0 saturated heterocycles. The van der Waals surface area contributed by atoms with Crippen molar-refractivity contribution in [1.29, 1.82) is 0 Å². The Kier molecular flexibility index (Phi) is 8.06. The molecular formula is C16H31N3O4. The molecule has 23 heavy (non-hydrogen) atoms. The van der Waals surface area contributed by atoms with Crippen LogP contribution in [0.25, 0.3) is 0 Å². The Morgan fingerprint density at radius 2 is 1.57 bits per heavy atom. The highest BCUT2D eigenvalue weighted by molar-refractivity contribution is 5.90. The molecule has 0 aromatic heterocycles. The van der Waals surface area contributed by atoms with Crippen LogP contribution in [0.15, 0.2) is 0 Å². The smallest absolute Gasteiger partial charge is 0.408 e. The standard InChI is InChI=1S/C16H31N3O4/c1-9(2)8-11(13(17)20)18-14(21)12(10(3)4)19-15(22)23-16(5,6)7/h9-12H,8H2,1-7H3,(H2,17,20)(H,18,21)(H,19,22)/t11-,12-/m0/s1. The average Bonchev–Trinajstić information content (AvgIpc) is 2.31. The normalized spacial score (nSPS) is 14.3. The summed E-state index contributed by atoms with van der Waals surface area (Å²) in [6, 6.07) is -1.57. The van der Waals surface area contributed by atoms with Crippen LogP contribution in [0.5, 0.6) is 0 Å². The Morgan fingerprint density at radius 3 is 1.91 bits per heavy atom. The molecule has 7 heteroatoms. The van der Waals surface area contributed by atoms with Gasteiger partial charge in [-0.2, -0.15) is 0 Å². The number of ether oxygens (including phenoxy) is 1. The molecular weight excluding hydrogens is 298 g/mol.